The highest BCUT2D eigenvalue weighted by Gasteiger charge is 2.38. The van der Waals surface area contributed by atoms with Gasteiger partial charge in [-0.25, -0.2) is 0 Å². The van der Waals surface area contributed by atoms with E-state index in [0.29, 0.717) is 0 Å². The fourth-order valence-electron chi connectivity index (χ4n) is 2.38. The third-order valence-electron chi connectivity index (χ3n) is 3.24. The van der Waals surface area contributed by atoms with Crippen molar-refractivity contribution in [2.24, 2.45) is 0 Å². The third kappa shape index (κ3) is 2.03. The zero-order chi connectivity index (χ0) is 9.26. The van der Waals surface area contributed by atoms with E-state index in [2.05, 4.69) is 23.4 Å². The summed E-state index contributed by atoms with van der Waals surface area (Å²) in [6.45, 7) is 5.94. The SMILES string of the molecule is CCN(C1CC1)C1CNCC1SC. The first-order valence-corrected chi connectivity index (χ1v) is 6.65. The zero-order valence-corrected chi connectivity index (χ0v) is 9.44. The molecule has 0 aromatic carbocycles. The van der Waals surface area contributed by atoms with Crippen LogP contribution in [0.4, 0.5) is 0 Å². The minimum absolute atomic E-state index is 0.799. The van der Waals surface area contributed by atoms with Crippen molar-refractivity contribution >= 4 is 11.8 Å². The van der Waals surface area contributed by atoms with Crippen LogP contribution in [0.3, 0.4) is 0 Å². The van der Waals surface area contributed by atoms with Gasteiger partial charge in [-0.15, -0.1) is 0 Å². The maximum Gasteiger partial charge on any atom is 0.0354 e. The average molecular weight is 200 g/mol. The molecule has 1 heterocycles. The van der Waals surface area contributed by atoms with E-state index in [1.165, 1.54) is 32.5 Å². The van der Waals surface area contributed by atoms with Crippen molar-refractivity contribution in [2.45, 2.75) is 37.1 Å². The lowest BCUT2D eigenvalue weighted by molar-refractivity contribution is 0.212. The molecule has 2 nitrogen and oxygen atoms in total. The molecule has 2 aliphatic rings. The molecular formula is C10H20N2S. The van der Waals surface area contributed by atoms with Gasteiger partial charge in [0.05, 0.1) is 0 Å². The van der Waals surface area contributed by atoms with Crippen LogP contribution in [0.15, 0.2) is 0 Å². The number of thioether (sulfide) groups is 1. The number of hydrogen-bond donors (Lipinski definition) is 1. The summed E-state index contributed by atoms with van der Waals surface area (Å²) < 4.78 is 0. The molecule has 0 spiro atoms. The van der Waals surface area contributed by atoms with E-state index in [-0.39, 0.29) is 0 Å². The van der Waals surface area contributed by atoms with E-state index in [4.69, 9.17) is 0 Å². The van der Waals surface area contributed by atoms with Gasteiger partial charge in [0.25, 0.3) is 0 Å². The van der Waals surface area contributed by atoms with Gasteiger partial charge in [0.2, 0.25) is 0 Å². The van der Waals surface area contributed by atoms with Crippen LogP contribution in [-0.4, -0.2) is 48.1 Å². The van der Waals surface area contributed by atoms with Crippen molar-refractivity contribution in [3.8, 4) is 0 Å². The van der Waals surface area contributed by atoms with Crippen LogP contribution in [0.1, 0.15) is 19.8 Å². The van der Waals surface area contributed by atoms with E-state index >= 15 is 0 Å². The van der Waals surface area contributed by atoms with E-state index in [1.54, 1.807) is 0 Å². The van der Waals surface area contributed by atoms with E-state index in [9.17, 15) is 0 Å². The monoisotopic (exact) mass is 200 g/mol. The lowest BCUT2D eigenvalue weighted by Gasteiger charge is -2.30. The van der Waals surface area contributed by atoms with Gasteiger partial charge in [-0.3, -0.25) is 4.90 Å². The molecule has 0 aromatic rings. The normalized spacial score (nSPS) is 34.4. The molecule has 1 N–H and O–H groups in total. The topological polar surface area (TPSA) is 15.3 Å². The Labute approximate surface area is 85.4 Å². The van der Waals surface area contributed by atoms with Gasteiger partial charge in [0.1, 0.15) is 0 Å². The molecule has 2 rings (SSSR count). The summed E-state index contributed by atoms with van der Waals surface area (Å²) >= 11 is 2.03. The van der Waals surface area contributed by atoms with E-state index in [1.807, 2.05) is 11.8 Å². The number of likely N-dealkylation sites (N-methyl/N-ethyl adjacent to an activating group) is 1. The number of nitrogens with zero attached hydrogens (tertiary/aromatic N) is 1. The second kappa shape index (κ2) is 4.20. The first-order chi connectivity index (χ1) is 6.36. The fourth-order valence-corrected chi connectivity index (χ4v) is 3.23. The van der Waals surface area contributed by atoms with Crippen LogP contribution >= 0.6 is 11.8 Å². The zero-order valence-electron chi connectivity index (χ0n) is 8.62. The Bertz CT molecular complexity index is 170. The van der Waals surface area contributed by atoms with Crippen LogP contribution in [0, 0.1) is 0 Å². The van der Waals surface area contributed by atoms with Gasteiger partial charge in [-0.2, -0.15) is 11.8 Å². The molecular weight excluding hydrogens is 180 g/mol. The minimum atomic E-state index is 0.799. The molecule has 0 aromatic heterocycles. The molecule has 1 saturated carbocycles. The highest BCUT2D eigenvalue weighted by Crippen LogP contribution is 2.32. The molecule has 2 fully saturated rings. The Balaban J connectivity index is 1.95. The summed E-state index contributed by atoms with van der Waals surface area (Å²) in [6.07, 6.45) is 5.11. The molecule has 76 valence electrons. The van der Waals surface area contributed by atoms with Crippen LogP contribution < -0.4 is 5.32 Å². The van der Waals surface area contributed by atoms with Crippen LogP contribution in [0.25, 0.3) is 0 Å². The second-order valence-corrected chi connectivity index (χ2v) is 5.14. The van der Waals surface area contributed by atoms with E-state index < -0.39 is 0 Å². The largest absolute Gasteiger partial charge is 0.314 e. The molecule has 2 unspecified atom stereocenters. The quantitative estimate of drug-likeness (QED) is 0.733. The summed E-state index contributed by atoms with van der Waals surface area (Å²) in [5, 5.41) is 4.33. The average Bonchev–Trinajstić information content (AvgIpc) is 2.86. The van der Waals surface area contributed by atoms with Gasteiger partial charge in [0.15, 0.2) is 0 Å². The molecule has 13 heavy (non-hydrogen) atoms. The molecule has 0 bridgehead atoms. The highest BCUT2D eigenvalue weighted by atomic mass is 32.2. The minimum Gasteiger partial charge on any atom is -0.314 e. The molecule has 1 saturated heterocycles. The Morgan fingerprint density at radius 1 is 1.38 bits per heavy atom. The first-order valence-electron chi connectivity index (χ1n) is 5.36. The maximum absolute atomic E-state index is 3.51. The first kappa shape index (κ1) is 9.81. The lowest BCUT2D eigenvalue weighted by atomic mass is 10.2. The van der Waals surface area contributed by atoms with Gasteiger partial charge in [-0.05, 0) is 25.6 Å². The van der Waals surface area contributed by atoms with Crippen LogP contribution in [0.2, 0.25) is 0 Å². The van der Waals surface area contributed by atoms with Gasteiger partial charge >= 0.3 is 0 Å². The Kier molecular flexibility index (Phi) is 3.17. The van der Waals surface area contributed by atoms with Gasteiger partial charge in [-0.1, -0.05) is 6.92 Å². The summed E-state index contributed by atoms with van der Waals surface area (Å²) in [7, 11) is 0. The summed E-state index contributed by atoms with van der Waals surface area (Å²) in [6, 6.07) is 1.72. The van der Waals surface area contributed by atoms with E-state index in [0.717, 1.165) is 17.3 Å². The summed E-state index contributed by atoms with van der Waals surface area (Å²) in [5.74, 6) is 0. The van der Waals surface area contributed by atoms with Crippen molar-refractivity contribution < 1.29 is 0 Å². The van der Waals surface area contributed by atoms with Crippen LogP contribution in [-0.2, 0) is 0 Å². The van der Waals surface area contributed by atoms with Crippen molar-refractivity contribution in [1.29, 1.82) is 0 Å². The molecule has 1 aliphatic carbocycles. The van der Waals surface area contributed by atoms with Crippen molar-refractivity contribution in [3.63, 3.8) is 0 Å². The van der Waals surface area contributed by atoms with Crippen molar-refractivity contribution in [3.05, 3.63) is 0 Å². The highest BCUT2D eigenvalue weighted by molar-refractivity contribution is 7.99. The standard InChI is InChI=1S/C10H20N2S/c1-3-12(8-4-5-8)9-6-11-7-10(9)13-2/h8-11H,3-7H2,1-2H3. The molecule has 0 radical (unpaired) electrons. The third-order valence-corrected chi connectivity index (χ3v) is 4.32. The van der Waals surface area contributed by atoms with Gasteiger partial charge in [0, 0.05) is 30.4 Å². The van der Waals surface area contributed by atoms with Crippen molar-refractivity contribution in [2.75, 3.05) is 25.9 Å². The Hall–Kier alpha value is 0.270. The maximum atomic E-state index is 3.51. The van der Waals surface area contributed by atoms with Gasteiger partial charge < -0.3 is 5.32 Å². The number of nitrogens with one attached hydrogen (secondary N) is 1. The van der Waals surface area contributed by atoms with Crippen molar-refractivity contribution in [1.82, 2.24) is 10.2 Å². The lowest BCUT2D eigenvalue weighted by Crippen LogP contribution is -2.43. The fraction of sp³-hybridized carbons (Fsp3) is 1.00. The number of rotatable bonds is 4. The molecule has 0 amide bonds. The predicted molar refractivity (Wildman–Crippen MR) is 59.4 cm³/mol. The molecule has 3 heteroatoms. The Morgan fingerprint density at radius 2 is 2.15 bits per heavy atom. The molecule has 2 atom stereocenters. The number of hydrogen-bond acceptors (Lipinski definition) is 3. The summed E-state index contributed by atoms with van der Waals surface area (Å²) in [4.78, 5) is 2.71. The Morgan fingerprint density at radius 3 is 2.69 bits per heavy atom. The molecule has 1 aliphatic heterocycles. The van der Waals surface area contributed by atoms with Crippen LogP contribution in [0.5, 0.6) is 0 Å². The smallest absolute Gasteiger partial charge is 0.0354 e. The summed E-state index contributed by atoms with van der Waals surface area (Å²) in [5.41, 5.74) is 0. The predicted octanol–water partition coefficient (Wildman–Crippen LogP) is 1.17. The second-order valence-electron chi connectivity index (χ2n) is 4.06.